The molecule has 2 atom stereocenters. The lowest BCUT2D eigenvalue weighted by Gasteiger charge is -2.35. The molecule has 0 amide bonds. The van der Waals surface area contributed by atoms with Crippen LogP contribution in [0.25, 0.3) is 0 Å². The summed E-state index contributed by atoms with van der Waals surface area (Å²) in [6, 6.07) is -0.163. The SMILES string of the molecule is CC(C)N1CCCC[C@@H]1C(=O)O.O=C(O)[C@H]1CCCCN1. The third kappa shape index (κ3) is 6.01. The molecule has 6 heteroatoms. The topological polar surface area (TPSA) is 89.9 Å². The number of nitrogens with zero attached hydrogens (tertiary/aromatic N) is 1. The molecule has 0 aromatic heterocycles. The van der Waals surface area contributed by atoms with Crippen LogP contribution in [0.3, 0.4) is 0 Å². The molecule has 0 radical (unpaired) electrons. The minimum atomic E-state index is -0.713. The molecule has 0 bridgehead atoms. The molecule has 0 aromatic rings. The van der Waals surface area contributed by atoms with E-state index >= 15 is 0 Å². The van der Waals surface area contributed by atoms with Crippen LogP contribution in [0.5, 0.6) is 0 Å². The lowest BCUT2D eigenvalue weighted by molar-refractivity contribution is -0.145. The molecule has 0 spiro atoms. The van der Waals surface area contributed by atoms with Gasteiger partial charge in [0.15, 0.2) is 0 Å². The summed E-state index contributed by atoms with van der Waals surface area (Å²) in [4.78, 5) is 23.2. The third-order valence-electron chi connectivity index (χ3n) is 4.10. The van der Waals surface area contributed by atoms with Crippen molar-refractivity contribution in [1.29, 1.82) is 0 Å². The average Bonchev–Trinajstić information content (AvgIpc) is 2.48. The minimum absolute atomic E-state index is 0.237. The van der Waals surface area contributed by atoms with Crippen LogP contribution >= 0.6 is 0 Å². The summed E-state index contributed by atoms with van der Waals surface area (Å²) >= 11 is 0. The van der Waals surface area contributed by atoms with Gasteiger partial charge in [-0.15, -0.1) is 0 Å². The fraction of sp³-hybridized carbons (Fsp3) is 0.867. The first-order valence-corrected chi connectivity index (χ1v) is 7.88. The Morgan fingerprint density at radius 3 is 2.10 bits per heavy atom. The third-order valence-corrected chi connectivity index (χ3v) is 4.10. The van der Waals surface area contributed by atoms with E-state index in [9.17, 15) is 9.59 Å². The highest BCUT2D eigenvalue weighted by Crippen LogP contribution is 2.19. The summed E-state index contributed by atoms with van der Waals surface area (Å²) in [5.74, 6) is -1.38. The fourth-order valence-corrected chi connectivity index (χ4v) is 2.90. The Bertz CT molecular complexity index is 341. The molecular formula is C15H28N2O4. The first-order chi connectivity index (χ1) is 9.93. The molecule has 2 saturated heterocycles. The van der Waals surface area contributed by atoms with Gasteiger partial charge in [0.1, 0.15) is 12.1 Å². The lowest BCUT2D eigenvalue weighted by Crippen LogP contribution is -2.48. The Morgan fingerprint density at radius 2 is 1.71 bits per heavy atom. The van der Waals surface area contributed by atoms with Crippen molar-refractivity contribution < 1.29 is 19.8 Å². The molecule has 2 fully saturated rings. The summed E-state index contributed by atoms with van der Waals surface area (Å²) in [5, 5.41) is 20.3. The predicted octanol–water partition coefficient (Wildman–Crippen LogP) is 1.55. The smallest absolute Gasteiger partial charge is 0.320 e. The Morgan fingerprint density at radius 1 is 1.05 bits per heavy atom. The van der Waals surface area contributed by atoms with E-state index in [2.05, 4.69) is 24.1 Å². The highest BCUT2D eigenvalue weighted by atomic mass is 16.4. The molecule has 0 saturated carbocycles. The second kappa shape index (κ2) is 9.00. The normalized spacial score (nSPS) is 26.8. The molecular weight excluding hydrogens is 272 g/mol. The van der Waals surface area contributed by atoms with Gasteiger partial charge in [-0.2, -0.15) is 0 Å². The van der Waals surface area contributed by atoms with Gasteiger partial charge in [-0.25, -0.2) is 0 Å². The standard InChI is InChI=1S/C9H17NO2.C6H11NO2/c1-7(2)10-6-4-3-5-8(10)9(11)12;8-6(9)5-3-1-2-4-7-5/h7-8H,3-6H2,1-2H3,(H,11,12);5,7H,1-4H2,(H,8,9)/t8-;5-/m11/s1. The van der Waals surface area contributed by atoms with Gasteiger partial charge in [0.25, 0.3) is 0 Å². The number of piperidine rings is 2. The molecule has 2 aliphatic heterocycles. The van der Waals surface area contributed by atoms with E-state index in [1.54, 1.807) is 0 Å². The summed E-state index contributed by atoms with van der Waals surface area (Å²) in [6.07, 6.45) is 5.96. The van der Waals surface area contributed by atoms with E-state index in [-0.39, 0.29) is 12.1 Å². The number of rotatable bonds is 3. The van der Waals surface area contributed by atoms with Gasteiger partial charge in [0.2, 0.25) is 0 Å². The van der Waals surface area contributed by atoms with Gasteiger partial charge in [-0.05, 0) is 52.6 Å². The average molecular weight is 300 g/mol. The molecule has 122 valence electrons. The maximum atomic E-state index is 10.8. The number of carboxylic acid groups (broad SMARTS) is 2. The summed E-state index contributed by atoms with van der Waals surface area (Å²) in [7, 11) is 0. The van der Waals surface area contributed by atoms with Crippen molar-refractivity contribution in [3.05, 3.63) is 0 Å². The van der Waals surface area contributed by atoms with Gasteiger partial charge in [-0.1, -0.05) is 12.8 Å². The Kier molecular flexibility index (Phi) is 7.67. The van der Waals surface area contributed by atoms with Gasteiger partial charge < -0.3 is 15.5 Å². The number of nitrogens with one attached hydrogen (secondary N) is 1. The van der Waals surface area contributed by atoms with Crippen LogP contribution in [0.4, 0.5) is 0 Å². The Labute approximate surface area is 126 Å². The largest absolute Gasteiger partial charge is 0.480 e. The highest BCUT2D eigenvalue weighted by Gasteiger charge is 2.29. The van der Waals surface area contributed by atoms with E-state index in [1.807, 2.05) is 0 Å². The Balaban J connectivity index is 0.000000219. The molecule has 0 aliphatic carbocycles. The maximum Gasteiger partial charge on any atom is 0.320 e. The molecule has 6 nitrogen and oxygen atoms in total. The summed E-state index contributed by atoms with van der Waals surface area (Å²) in [5.41, 5.74) is 0. The molecule has 21 heavy (non-hydrogen) atoms. The van der Waals surface area contributed by atoms with Crippen LogP contribution in [0.2, 0.25) is 0 Å². The van der Waals surface area contributed by atoms with E-state index in [0.29, 0.717) is 6.04 Å². The first-order valence-electron chi connectivity index (χ1n) is 7.88. The van der Waals surface area contributed by atoms with Crippen molar-refractivity contribution in [1.82, 2.24) is 10.2 Å². The lowest BCUT2D eigenvalue weighted by atomic mass is 10.0. The quantitative estimate of drug-likeness (QED) is 0.732. The van der Waals surface area contributed by atoms with Crippen molar-refractivity contribution >= 4 is 11.9 Å². The first kappa shape index (κ1) is 17.9. The molecule has 2 rings (SSSR count). The van der Waals surface area contributed by atoms with Crippen LogP contribution in [0, 0.1) is 0 Å². The van der Waals surface area contributed by atoms with Crippen LogP contribution in [0.1, 0.15) is 52.4 Å². The zero-order valence-electron chi connectivity index (χ0n) is 13.0. The van der Waals surface area contributed by atoms with Crippen LogP contribution in [-0.2, 0) is 9.59 Å². The van der Waals surface area contributed by atoms with E-state index in [1.165, 1.54) is 0 Å². The number of likely N-dealkylation sites (tertiary alicyclic amines) is 1. The van der Waals surface area contributed by atoms with Crippen molar-refractivity contribution in [3.63, 3.8) is 0 Å². The molecule has 0 aromatic carbocycles. The number of hydrogen-bond acceptors (Lipinski definition) is 4. The highest BCUT2D eigenvalue weighted by molar-refractivity contribution is 5.73. The zero-order valence-corrected chi connectivity index (χ0v) is 13.0. The van der Waals surface area contributed by atoms with Gasteiger partial charge in [0.05, 0.1) is 0 Å². The van der Waals surface area contributed by atoms with Gasteiger partial charge in [-0.3, -0.25) is 14.5 Å². The summed E-state index contributed by atoms with van der Waals surface area (Å²) < 4.78 is 0. The number of aliphatic carboxylic acids is 2. The Hall–Kier alpha value is -1.14. The zero-order chi connectivity index (χ0) is 15.8. The predicted molar refractivity (Wildman–Crippen MR) is 80.4 cm³/mol. The van der Waals surface area contributed by atoms with Gasteiger partial charge >= 0.3 is 11.9 Å². The van der Waals surface area contributed by atoms with Crippen molar-refractivity contribution in [2.45, 2.75) is 70.5 Å². The van der Waals surface area contributed by atoms with E-state index in [0.717, 1.165) is 51.6 Å². The molecule has 0 unspecified atom stereocenters. The molecule has 2 heterocycles. The minimum Gasteiger partial charge on any atom is -0.480 e. The maximum absolute atomic E-state index is 10.8. The summed E-state index contributed by atoms with van der Waals surface area (Å²) in [6.45, 7) is 5.91. The van der Waals surface area contributed by atoms with Crippen LogP contribution < -0.4 is 5.32 Å². The van der Waals surface area contributed by atoms with E-state index in [4.69, 9.17) is 10.2 Å². The molecule has 2 aliphatic rings. The van der Waals surface area contributed by atoms with Gasteiger partial charge in [0, 0.05) is 6.04 Å². The molecule has 3 N–H and O–H groups in total. The second-order valence-corrected chi connectivity index (χ2v) is 6.02. The van der Waals surface area contributed by atoms with Crippen LogP contribution in [0.15, 0.2) is 0 Å². The van der Waals surface area contributed by atoms with Crippen molar-refractivity contribution in [2.75, 3.05) is 13.1 Å². The van der Waals surface area contributed by atoms with E-state index < -0.39 is 11.9 Å². The van der Waals surface area contributed by atoms with Crippen molar-refractivity contribution in [2.24, 2.45) is 0 Å². The van der Waals surface area contributed by atoms with Crippen LogP contribution in [-0.4, -0.2) is 58.3 Å². The number of hydrogen-bond donors (Lipinski definition) is 3. The van der Waals surface area contributed by atoms with Crippen molar-refractivity contribution in [3.8, 4) is 0 Å². The fourth-order valence-electron chi connectivity index (χ4n) is 2.90. The monoisotopic (exact) mass is 300 g/mol. The number of carboxylic acids is 2. The number of carbonyl (C=O) groups is 2. The second-order valence-electron chi connectivity index (χ2n) is 6.02.